The van der Waals surface area contributed by atoms with Crippen LogP contribution in [0.5, 0.6) is 0 Å². The topological polar surface area (TPSA) is 46.5 Å². The van der Waals surface area contributed by atoms with Crippen LogP contribution in [0.4, 0.5) is 0 Å². The molecule has 0 heterocycles. The number of unbranched alkanes of at least 4 members (excludes halogenated alkanes) is 15. The van der Waals surface area contributed by atoms with Crippen LogP contribution in [0.15, 0.2) is 0 Å². The van der Waals surface area contributed by atoms with Gasteiger partial charge in [-0.25, -0.2) is 4.79 Å². The van der Waals surface area contributed by atoms with E-state index < -0.39 is 11.5 Å². The highest BCUT2D eigenvalue weighted by Crippen LogP contribution is 2.20. The molecule has 0 aromatic heterocycles. The number of quaternary nitrogens is 1. The van der Waals surface area contributed by atoms with E-state index in [1.54, 1.807) is 13.8 Å². The molecule has 0 rings (SSSR count). The third-order valence-corrected chi connectivity index (χ3v) is 6.97. The zero-order valence-corrected chi connectivity index (χ0v) is 21.1. The Morgan fingerprint density at radius 1 is 0.700 bits per heavy atom. The smallest absolute Gasteiger partial charge is 0.365 e. The maximum atomic E-state index is 11.4. The molecule has 0 atom stereocenters. The second-order valence-corrected chi connectivity index (χ2v) is 10.2. The van der Waals surface area contributed by atoms with E-state index in [2.05, 4.69) is 6.92 Å². The van der Waals surface area contributed by atoms with Gasteiger partial charge in [0.2, 0.25) is 0 Å². The molecule has 0 radical (unpaired) electrons. The van der Waals surface area contributed by atoms with Crippen LogP contribution in [-0.2, 0) is 9.53 Å². The van der Waals surface area contributed by atoms with E-state index in [1.807, 2.05) is 14.1 Å². The van der Waals surface area contributed by atoms with Gasteiger partial charge in [0.25, 0.3) is 0 Å². The Hall–Kier alpha value is -0.610. The van der Waals surface area contributed by atoms with Crippen molar-refractivity contribution in [1.82, 2.24) is 0 Å². The van der Waals surface area contributed by atoms with E-state index in [0.29, 0.717) is 11.1 Å². The minimum absolute atomic E-state index is 0.432. The monoisotopic (exact) mass is 428 g/mol. The summed E-state index contributed by atoms with van der Waals surface area (Å²) in [7, 11) is 3.93. The summed E-state index contributed by atoms with van der Waals surface area (Å²) in [5, 5.41) is 9.38. The summed E-state index contributed by atoms with van der Waals surface area (Å²) < 4.78 is 6.19. The first-order valence-corrected chi connectivity index (χ1v) is 12.9. The van der Waals surface area contributed by atoms with Gasteiger partial charge in [-0.15, -0.1) is 0 Å². The van der Waals surface area contributed by atoms with Crippen molar-refractivity contribution in [2.75, 3.05) is 33.9 Å². The number of hydrogen-bond donors (Lipinski definition) is 1. The Morgan fingerprint density at radius 2 is 1.07 bits per heavy atom. The summed E-state index contributed by atoms with van der Waals surface area (Å²) in [5.41, 5.74) is -0.794. The first-order chi connectivity index (χ1) is 14.3. The quantitative estimate of drug-likeness (QED) is 0.146. The predicted molar refractivity (Wildman–Crippen MR) is 129 cm³/mol. The molecule has 0 aromatic rings. The minimum Gasteiger partial charge on any atom is -0.477 e. The molecule has 0 bridgehead atoms. The molecule has 0 spiro atoms. The second kappa shape index (κ2) is 18.0. The molecule has 0 amide bonds. The lowest BCUT2D eigenvalue weighted by Crippen LogP contribution is -2.61. The maximum Gasteiger partial charge on any atom is 0.365 e. The van der Waals surface area contributed by atoms with Gasteiger partial charge in [-0.2, -0.15) is 0 Å². The molecule has 0 aliphatic heterocycles. The predicted octanol–water partition coefficient (Wildman–Crippen LogP) is 7.20. The van der Waals surface area contributed by atoms with E-state index >= 15 is 0 Å². The van der Waals surface area contributed by atoms with Crippen LogP contribution in [-0.4, -0.2) is 55.0 Å². The Balaban J connectivity index is 3.33. The molecule has 30 heavy (non-hydrogen) atoms. The average molecular weight is 429 g/mol. The van der Waals surface area contributed by atoms with Crippen LogP contribution in [0.3, 0.4) is 0 Å². The Labute approximate surface area is 188 Å². The molecular formula is C26H54NO3+. The minimum atomic E-state index is -0.794. The van der Waals surface area contributed by atoms with Crippen LogP contribution in [0, 0.1) is 0 Å². The average Bonchev–Trinajstić information content (AvgIpc) is 2.69. The third-order valence-electron chi connectivity index (χ3n) is 6.97. The lowest BCUT2D eigenvalue weighted by atomic mass is 10.0. The standard InChI is InChI=1S/C26H53NO3/c1-6-7-8-9-10-11-12-13-14-15-16-17-18-19-20-21-23-30-24-22-27(4,5)26(2,3)25(28)29/h6-24H2,1-5H3/p+1. The summed E-state index contributed by atoms with van der Waals surface area (Å²) in [5.74, 6) is -0.759. The first kappa shape index (κ1) is 29.4. The molecule has 0 fully saturated rings. The first-order valence-electron chi connectivity index (χ1n) is 12.9. The van der Waals surface area contributed by atoms with Gasteiger partial charge < -0.3 is 14.3 Å². The zero-order valence-electron chi connectivity index (χ0n) is 21.1. The largest absolute Gasteiger partial charge is 0.477 e. The van der Waals surface area contributed by atoms with Gasteiger partial charge in [-0.3, -0.25) is 0 Å². The fraction of sp³-hybridized carbons (Fsp3) is 0.962. The number of rotatable bonds is 22. The second-order valence-electron chi connectivity index (χ2n) is 10.2. The molecule has 0 aromatic carbocycles. The Kier molecular flexibility index (Phi) is 17.6. The normalized spacial score (nSPS) is 12.4. The molecular weight excluding hydrogens is 374 g/mol. The Morgan fingerprint density at radius 3 is 1.43 bits per heavy atom. The highest BCUT2D eigenvalue weighted by Gasteiger charge is 2.43. The summed E-state index contributed by atoms with van der Waals surface area (Å²) in [4.78, 5) is 11.4. The number of aliphatic carboxylic acids is 1. The van der Waals surface area contributed by atoms with Gasteiger partial charge >= 0.3 is 5.97 Å². The van der Waals surface area contributed by atoms with Crippen molar-refractivity contribution in [2.45, 2.75) is 129 Å². The van der Waals surface area contributed by atoms with Gasteiger partial charge in [0.1, 0.15) is 6.54 Å². The van der Waals surface area contributed by atoms with Crippen molar-refractivity contribution in [3.05, 3.63) is 0 Å². The van der Waals surface area contributed by atoms with Crippen molar-refractivity contribution in [2.24, 2.45) is 0 Å². The van der Waals surface area contributed by atoms with Gasteiger partial charge in [0.15, 0.2) is 5.54 Å². The SMILES string of the molecule is CCCCCCCCCCCCCCCCCCOCC[N+](C)(C)C(C)(C)C(=O)O. The number of likely N-dealkylation sites (N-methyl/N-ethyl adjacent to an activating group) is 1. The van der Waals surface area contributed by atoms with Gasteiger partial charge in [-0.1, -0.05) is 103 Å². The van der Waals surface area contributed by atoms with Crippen LogP contribution < -0.4 is 0 Å². The van der Waals surface area contributed by atoms with Crippen molar-refractivity contribution < 1.29 is 19.1 Å². The number of carboxylic acid groups (broad SMARTS) is 1. The fourth-order valence-electron chi connectivity index (χ4n) is 3.69. The molecule has 0 saturated heterocycles. The summed E-state index contributed by atoms with van der Waals surface area (Å²) >= 11 is 0. The lowest BCUT2D eigenvalue weighted by molar-refractivity contribution is -0.928. The number of carboxylic acids is 1. The molecule has 0 saturated carbocycles. The van der Waals surface area contributed by atoms with E-state index in [-0.39, 0.29) is 0 Å². The van der Waals surface area contributed by atoms with E-state index in [1.165, 1.54) is 96.3 Å². The van der Waals surface area contributed by atoms with Crippen molar-refractivity contribution in [1.29, 1.82) is 0 Å². The zero-order chi connectivity index (χ0) is 22.7. The number of carbonyl (C=O) groups is 1. The number of ether oxygens (including phenoxy) is 1. The fourth-order valence-corrected chi connectivity index (χ4v) is 3.69. The molecule has 0 aliphatic rings. The molecule has 0 aliphatic carbocycles. The van der Waals surface area contributed by atoms with Crippen LogP contribution in [0.2, 0.25) is 0 Å². The Bertz CT molecular complexity index is 407. The van der Waals surface area contributed by atoms with E-state index in [4.69, 9.17) is 4.74 Å². The lowest BCUT2D eigenvalue weighted by Gasteiger charge is -2.41. The van der Waals surface area contributed by atoms with Gasteiger partial charge in [0.05, 0.1) is 20.7 Å². The van der Waals surface area contributed by atoms with E-state index in [0.717, 1.165) is 19.6 Å². The van der Waals surface area contributed by atoms with Gasteiger partial charge in [-0.05, 0) is 6.42 Å². The van der Waals surface area contributed by atoms with Crippen molar-refractivity contribution in [3.8, 4) is 0 Å². The van der Waals surface area contributed by atoms with Gasteiger partial charge in [0, 0.05) is 20.5 Å². The molecule has 1 N–H and O–H groups in total. The van der Waals surface area contributed by atoms with Crippen LogP contribution in [0.25, 0.3) is 0 Å². The highest BCUT2D eigenvalue weighted by atomic mass is 16.5. The molecule has 0 unspecified atom stereocenters. The third kappa shape index (κ3) is 14.4. The maximum absolute atomic E-state index is 11.4. The van der Waals surface area contributed by atoms with Crippen LogP contribution >= 0.6 is 0 Å². The molecule has 180 valence electrons. The molecule has 4 heteroatoms. The van der Waals surface area contributed by atoms with Crippen molar-refractivity contribution in [3.63, 3.8) is 0 Å². The van der Waals surface area contributed by atoms with E-state index in [9.17, 15) is 9.90 Å². The van der Waals surface area contributed by atoms with Crippen molar-refractivity contribution >= 4 is 5.97 Å². The summed E-state index contributed by atoms with van der Waals surface area (Å²) in [6.45, 7) is 7.99. The number of nitrogens with zero attached hydrogens (tertiary/aromatic N) is 1. The summed E-state index contributed by atoms with van der Waals surface area (Å²) in [6.07, 6.45) is 22.1. The van der Waals surface area contributed by atoms with Crippen LogP contribution in [0.1, 0.15) is 124 Å². The number of hydrogen-bond acceptors (Lipinski definition) is 2. The highest BCUT2D eigenvalue weighted by molar-refractivity contribution is 5.76. The summed E-state index contributed by atoms with van der Waals surface area (Å²) in [6, 6.07) is 0. The molecule has 4 nitrogen and oxygen atoms in total.